The Kier molecular flexibility index (Phi) is 20.5. The van der Waals surface area contributed by atoms with Crippen molar-refractivity contribution in [3.63, 3.8) is 0 Å². The Morgan fingerprint density at radius 2 is 0.829 bits per heavy atom. The largest absolute Gasteiger partial charge is 0.392 e. The van der Waals surface area contributed by atoms with Crippen LogP contribution in [0.15, 0.2) is 24.3 Å². The van der Waals surface area contributed by atoms with E-state index in [1.165, 1.54) is 134 Å². The van der Waals surface area contributed by atoms with Gasteiger partial charge in [-0.3, -0.25) is 0 Å². The number of unbranched alkanes of at least 4 members (excludes halogenated alkanes) is 18. The Morgan fingerprint density at radius 3 is 1.17 bits per heavy atom. The number of aliphatic hydroxyl groups is 1. The Bertz CT molecular complexity index is 543. The van der Waals surface area contributed by atoms with Crippen LogP contribution in [0.1, 0.15) is 166 Å². The summed E-state index contributed by atoms with van der Waals surface area (Å²) >= 11 is 0. The van der Waals surface area contributed by atoms with E-state index < -0.39 is 0 Å². The molecule has 0 atom stereocenters. The number of hydrogen-bond acceptors (Lipinski definition) is 2. The topological polar surface area (TPSA) is 46.2 Å². The third-order valence-corrected chi connectivity index (χ3v) is 7.82. The van der Waals surface area contributed by atoms with Crippen molar-refractivity contribution in [2.45, 2.75) is 174 Å². The highest BCUT2D eigenvalue weighted by Crippen LogP contribution is 2.26. The molecule has 204 valence electrons. The Hall–Kier alpha value is -0.860. The van der Waals surface area contributed by atoms with Gasteiger partial charge < -0.3 is 10.8 Å². The maximum Gasteiger partial charge on any atom is 0.0681 e. The van der Waals surface area contributed by atoms with E-state index in [9.17, 15) is 5.11 Å². The highest BCUT2D eigenvalue weighted by molar-refractivity contribution is 5.23. The third-order valence-electron chi connectivity index (χ3n) is 7.82. The molecule has 0 aliphatic rings. The first kappa shape index (κ1) is 32.2. The molecule has 0 spiro atoms. The van der Waals surface area contributed by atoms with E-state index in [1.807, 2.05) is 0 Å². The predicted molar refractivity (Wildman–Crippen MR) is 156 cm³/mol. The van der Waals surface area contributed by atoms with Crippen LogP contribution in [0.4, 0.5) is 0 Å². The van der Waals surface area contributed by atoms with Crippen molar-refractivity contribution >= 4 is 0 Å². The van der Waals surface area contributed by atoms with E-state index in [-0.39, 0.29) is 12.1 Å². The van der Waals surface area contributed by atoms with Crippen LogP contribution in [0.5, 0.6) is 0 Å². The molecule has 1 aromatic carbocycles. The zero-order chi connectivity index (χ0) is 25.5. The summed E-state index contributed by atoms with van der Waals surface area (Å²) in [6, 6.07) is 8.45. The summed E-state index contributed by atoms with van der Waals surface area (Å²) in [7, 11) is 0. The maximum absolute atomic E-state index is 9.35. The van der Waals surface area contributed by atoms with E-state index in [4.69, 9.17) is 5.73 Å². The summed E-state index contributed by atoms with van der Waals surface area (Å²) in [6.45, 7) is 4.70. The van der Waals surface area contributed by atoms with Gasteiger partial charge in [0.2, 0.25) is 0 Å². The van der Waals surface area contributed by atoms with Crippen LogP contribution in [0.2, 0.25) is 0 Å². The third kappa shape index (κ3) is 18.1. The van der Waals surface area contributed by atoms with Gasteiger partial charge in [-0.05, 0) is 30.4 Å². The van der Waals surface area contributed by atoms with Crippen LogP contribution < -0.4 is 5.73 Å². The van der Waals surface area contributed by atoms with Gasteiger partial charge in [-0.2, -0.15) is 0 Å². The highest BCUT2D eigenvalue weighted by atomic mass is 16.3. The lowest BCUT2D eigenvalue weighted by molar-refractivity contribution is 0.281. The Balaban J connectivity index is 2.32. The van der Waals surface area contributed by atoms with Crippen molar-refractivity contribution in [2.75, 3.05) is 0 Å². The van der Waals surface area contributed by atoms with E-state index in [0.717, 1.165) is 24.8 Å². The number of hydrogen-bond donors (Lipinski definition) is 2. The molecule has 2 nitrogen and oxygen atoms in total. The lowest BCUT2D eigenvalue weighted by atomic mass is 9.82. The molecular weight excluding hydrogens is 426 g/mol. The molecule has 0 radical (unpaired) electrons. The van der Waals surface area contributed by atoms with Gasteiger partial charge in [-0.15, -0.1) is 0 Å². The first-order valence-corrected chi connectivity index (χ1v) is 15.6. The molecule has 3 N–H and O–H groups in total. The second kappa shape index (κ2) is 22.3. The quantitative estimate of drug-likeness (QED) is 0.135. The molecular formula is C33H61NO. The molecule has 0 saturated carbocycles. The van der Waals surface area contributed by atoms with Crippen LogP contribution >= 0.6 is 0 Å². The molecule has 1 aromatic rings. The van der Waals surface area contributed by atoms with Gasteiger partial charge in [0.15, 0.2) is 0 Å². The Labute approximate surface area is 219 Å². The van der Waals surface area contributed by atoms with Gasteiger partial charge in [0.25, 0.3) is 0 Å². The number of benzene rings is 1. The minimum absolute atomic E-state index is 0.0823. The van der Waals surface area contributed by atoms with Crippen LogP contribution in [0.3, 0.4) is 0 Å². The van der Waals surface area contributed by atoms with Crippen molar-refractivity contribution in [3.8, 4) is 0 Å². The minimum Gasteiger partial charge on any atom is -0.392 e. The fourth-order valence-corrected chi connectivity index (χ4v) is 5.40. The van der Waals surface area contributed by atoms with Crippen LogP contribution in [-0.2, 0) is 13.0 Å². The average Bonchev–Trinajstić information content (AvgIpc) is 2.87. The first-order valence-electron chi connectivity index (χ1n) is 15.6. The minimum atomic E-state index is -0.0823. The van der Waals surface area contributed by atoms with Crippen molar-refractivity contribution < 1.29 is 5.11 Å². The molecule has 0 aliphatic carbocycles. The van der Waals surface area contributed by atoms with E-state index >= 15 is 0 Å². The lowest BCUT2D eigenvalue weighted by Crippen LogP contribution is -2.42. The van der Waals surface area contributed by atoms with Crippen LogP contribution in [0.25, 0.3) is 0 Å². The Morgan fingerprint density at radius 1 is 0.514 bits per heavy atom. The summed E-state index contributed by atoms with van der Waals surface area (Å²) in [5.41, 5.74) is 9.30. The predicted octanol–water partition coefficient (Wildman–Crippen LogP) is 10.0. The SMILES string of the molecule is CCCCCCCCCCCCC(N)(CCCCCCCCCCCC)Cc1ccc(CO)cc1. The molecule has 0 bridgehead atoms. The standard InChI is InChI=1S/C33H61NO/c1-3-5-7-9-11-13-15-17-19-21-27-33(34,29-31-23-25-32(30-35)26-24-31)28-22-20-18-16-14-12-10-8-6-4-2/h23-26,35H,3-22,27-30,34H2,1-2H3. The van der Waals surface area contributed by atoms with Gasteiger partial charge in [0.05, 0.1) is 6.61 Å². The molecule has 0 aliphatic heterocycles. The molecule has 0 unspecified atom stereocenters. The van der Waals surface area contributed by atoms with E-state index in [2.05, 4.69) is 38.1 Å². The fourth-order valence-electron chi connectivity index (χ4n) is 5.40. The van der Waals surface area contributed by atoms with Crippen molar-refractivity contribution in [1.29, 1.82) is 0 Å². The maximum atomic E-state index is 9.35. The van der Waals surface area contributed by atoms with Gasteiger partial charge in [0, 0.05) is 5.54 Å². The molecule has 35 heavy (non-hydrogen) atoms. The van der Waals surface area contributed by atoms with Crippen molar-refractivity contribution in [1.82, 2.24) is 0 Å². The van der Waals surface area contributed by atoms with Crippen molar-refractivity contribution in [3.05, 3.63) is 35.4 Å². The summed E-state index contributed by atoms with van der Waals surface area (Å²) in [5.74, 6) is 0. The molecule has 0 heterocycles. The van der Waals surface area contributed by atoms with Gasteiger partial charge in [0.1, 0.15) is 0 Å². The molecule has 1 rings (SSSR count). The number of aliphatic hydroxyl groups excluding tert-OH is 1. The van der Waals surface area contributed by atoms with Crippen LogP contribution in [-0.4, -0.2) is 10.6 Å². The highest BCUT2D eigenvalue weighted by Gasteiger charge is 2.24. The molecule has 2 heteroatoms. The van der Waals surface area contributed by atoms with Gasteiger partial charge in [-0.1, -0.05) is 167 Å². The summed E-state index contributed by atoms with van der Waals surface area (Å²) in [6.07, 6.45) is 30.8. The fraction of sp³-hybridized carbons (Fsp3) is 0.818. The summed E-state index contributed by atoms with van der Waals surface area (Å²) in [4.78, 5) is 0. The molecule has 0 amide bonds. The lowest BCUT2D eigenvalue weighted by Gasteiger charge is -2.30. The first-order chi connectivity index (χ1) is 17.1. The van der Waals surface area contributed by atoms with Gasteiger partial charge >= 0.3 is 0 Å². The normalized spacial score (nSPS) is 11.9. The van der Waals surface area contributed by atoms with Crippen LogP contribution in [0, 0.1) is 0 Å². The smallest absolute Gasteiger partial charge is 0.0681 e. The zero-order valence-corrected chi connectivity index (χ0v) is 23.8. The number of nitrogens with two attached hydrogens (primary N) is 1. The average molecular weight is 488 g/mol. The number of rotatable bonds is 25. The van der Waals surface area contributed by atoms with Gasteiger partial charge in [-0.25, -0.2) is 0 Å². The molecule has 0 aromatic heterocycles. The van der Waals surface area contributed by atoms with E-state index in [1.54, 1.807) is 0 Å². The van der Waals surface area contributed by atoms with E-state index in [0.29, 0.717) is 0 Å². The molecule has 0 fully saturated rings. The summed E-state index contributed by atoms with van der Waals surface area (Å²) < 4.78 is 0. The monoisotopic (exact) mass is 487 g/mol. The second-order valence-corrected chi connectivity index (χ2v) is 11.4. The molecule has 0 saturated heterocycles. The second-order valence-electron chi connectivity index (χ2n) is 11.4. The van der Waals surface area contributed by atoms with Crippen molar-refractivity contribution in [2.24, 2.45) is 5.73 Å². The zero-order valence-electron chi connectivity index (χ0n) is 23.8. The summed E-state index contributed by atoms with van der Waals surface area (Å²) in [5, 5.41) is 9.35.